The molecule has 2 N–H and O–H groups in total. The average Bonchev–Trinajstić information content (AvgIpc) is 2.73. The van der Waals surface area contributed by atoms with E-state index in [9.17, 15) is 0 Å². The van der Waals surface area contributed by atoms with E-state index in [0.29, 0.717) is 0 Å². The molecule has 90 valence electrons. The second-order valence-electron chi connectivity index (χ2n) is 3.89. The van der Waals surface area contributed by atoms with Crippen molar-refractivity contribution in [2.75, 3.05) is 19.0 Å². The van der Waals surface area contributed by atoms with Gasteiger partial charge in [-0.3, -0.25) is 0 Å². The Hall–Kier alpha value is -1.62. The van der Waals surface area contributed by atoms with Crippen LogP contribution >= 0.6 is 11.8 Å². The molecule has 1 heterocycles. The molecule has 0 atom stereocenters. The third-order valence-corrected chi connectivity index (χ3v) is 3.31. The molecular formula is C12H15N3OS. The van der Waals surface area contributed by atoms with Gasteiger partial charge < -0.3 is 15.0 Å². The zero-order chi connectivity index (χ0) is 12.3. The Balaban J connectivity index is 2.08. The van der Waals surface area contributed by atoms with Gasteiger partial charge in [-0.05, 0) is 11.6 Å². The van der Waals surface area contributed by atoms with Crippen molar-refractivity contribution in [2.24, 2.45) is 0 Å². The highest BCUT2D eigenvalue weighted by molar-refractivity contribution is 7.98. The van der Waals surface area contributed by atoms with Gasteiger partial charge in [-0.25, -0.2) is 4.98 Å². The van der Waals surface area contributed by atoms with Crippen molar-refractivity contribution < 1.29 is 5.11 Å². The molecule has 0 saturated carbocycles. The zero-order valence-electron chi connectivity index (χ0n) is 9.84. The number of nitrogens with zero attached hydrogens (tertiary/aromatic N) is 2. The van der Waals surface area contributed by atoms with E-state index in [2.05, 4.69) is 27.0 Å². The fourth-order valence-corrected chi connectivity index (χ4v) is 2.42. The van der Waals surface area contributed by atoms with Crippen LogP contribution in [0.1, 0.15) is 5.56 Å². The minimum absolute atomic E-state index is 0.105. The molecule has 2 aromatic rings. The predicted molar refractivity (Wildman–Crippen MR) is 70.6 cm³/mol. The molecule has 0 amide bonds. The number of aromatic hydroxyl groups is 1. The van der Waals surface area contributed by atoms with E-state index < -0.39 is 0 Å². The molecule has 0 saturated heterocycles. The predicted octanol–water partition coefficient (Wildman–Crippen LogP) is 2.47. The first-order valence-corrected chi connectivity index (χ1v) is 6.27. The molecule has 0 aliphatic heterocycles. The Labute approximate surface area is 105 Å². The largest absolute Gasteiger partial charge is 0.493 e. The lowest BCUT2D eigenvalue weighted by atomic mass is 10.2. The topological polar surface area (TPSA) is 52.1 Å². The van der Waals surface area contributed by atoms with Crippen LogP contribution in [-0.4, -0.2) is 29.2 Å². The van der Waals surface area contributed by atoms with E-state index in [0.717, 1.165) is 10.9 Å². The van der Waals surface area contributed by atoms with Crippen LogP contribution in [0, 0.1) is 0 Å². The number of nitrogens with one attached hydrogen (secondary N) is 1. The van der Waals surface area contributed by atoms with Gasteiger partial charge >= 0.3 is 0 Å². The van der Waals surface area contributed by atoms with Gasteiger partial charge in [0.2, 0.25) is 5.88 Å². The number of rotatable bonds is 4. The Bertz CT molecular complexity index is 496. The summed E-state index contributed by atoms with van der Waals surface area (Å²) in [5.41, 5.74) is 2.45. The number of para-hydroxylation sites is 1. The number of thioether (sulfide) groups is 1. The molecule has 5 heteroatoms. The molecular weight excluding hydrogens is 234 g/mol. The summed E-state index contributed by atoms with van der Waals surface area (Å²) in [4.78, 5) is 8.93. The summed E-state index contributed by atoms with van der Waals surface area (Å²) in [5.74, 6) is 0.926. The highest BCUT2D eigenvalue weighted by atomic mass is 32.2. The second kappa shape index (κ2) is 5.14. The summed E-state index contributed by atoms with van der Waals surface area (Å²) >= 11 is 1.57. The highest BCUT2D eigenvalue weighted by Crippen LogP contribution is 2.26. The number of hydrogen-bond donors (Lipinski definition) is 2. The fraction of sp³-hybridized carbons (Fsp3) is 0.250. The van der Waals surface area contributed by atoms with Crippen LogP contribution < -0.4 is 4.90 Å². The van der Waals surface area contributed by atoms with E-state index >= 15 is 0 Å². The van der Waals surface area contributed by atoms with E-state index in [1.165, 1.54) is 17.4 Å². The molecule has 0 fully saturated rings. The van der Waals surface area contributed by atoms with E-state index in [-0.39, 0.29) is 5.88 Å². The van der Waals surface area contributed by atoms with Crippen LogP contribution in [-0.2, 0) is 5.75 Å². The number of H-pyrrole nitrogens is 1. The van der Waals surface area contributed by atoms with Crippen molar-refractivity contribution >= 4 is 17.4 Å². The molecule has 0 spiro atoms. The van der Waals surface area contributed by atoms with Crippen molar-refractivity contribution in [3.05, 3.63) is 36.0 Å². The normalized spacial score (nSPS) is 10.5. The smallest absolute Gasteiger partial charge is 0.209 e. The van der Waals surface area contributed by atoms with Crippen molar-refractivity contribution in [3.8, 4) is 5.88 Å². The third-order valence-electron chi connectivity index (χ3n) is 2.38. The molecule has 0 unspecified atom stereocenters. The monoisotopic (exact) mass is 249 g/mol. The summed E-state index contributed by atoms with van der Waals surface area (Å²) < 4.78 is 0. The molecule has 1 aromatic carbocycles. The van der Waals surface area contributed by atoms with Crippen molar-refractivity contribution in [2.45, 2.75) is 10.9 Å². The van der Waals surface area contributed by atoms with Crippen LogP contribution in [0.5, 0.6) is 5.88 Å². The van der Waals surface area contributed by atoms with Gasteiger partial charge in [-0.15, -0.1) is 0 Å². The maximum Gasteiger partial charge on any atom is 0.209 e. The molecule has 1 aromatic heterocycles. The summed E-state index contributed by atoms with van der Waals surface area (Å²) in [6.45, 7) is 0. The number of benzene rings is 1. The van der Waals surface area contributed by atoms with E-state index in [4.69, 9.17) is 5.11 Å². The number of imidazole rings is 1. The van der Waals surface area contributed by atoms with Crippen LogP contribution in [0.2, 0.25) is 0 Å². The quantitative estimate of drug-likeness (QED) is 0.817. The minimum Gasteiger partial charge on any atom is -0.493 e. The molecule has 2 rings (SSSR count). The van der Waals surface area contributed by atoms with Gasteiger partial charge in [0.1, 0.15) is 0 Å². The van der Waals surface area contributed by atoms with Crippen LogP contribution in [0.4, 0.5) is 5.69 Å². The lowest BCUT2D eigenvalue weighted by Crippen LogP contribution is -2.10. The van der Waals surface area contributed by atoms with Crippen molar-refractivity contribution in [1.29, 1.82) is 0 Å². The van der Waals surface area contributed by atoms with Gasteiger partial charge in [0.05, 0.1) is 6.20 Å². The molecule has 17 heavy (non-hydrogen) atoms. The maximum absolute atomic E-state index is 9.15. The van der Waals surface area contributed by atoms with Crippen LogP contribution in [0.15, 0.2) is 35.6 Å². The highest BCUT2D eigenvalue weighted by Gasteiger charge is 2.05. The summed E-state index contributed by atoms with van der Waals surface area (Å²) in [5, 5.41) is 9.89. The van der Waals surface area contributed by atoms with Crippen LogP contribution in [0.3, 0.4) is 0 Å². The lowest BCUT2D eigenvalue weighted by molar-refractivity contribution is 0.454. The minimum atomic E-state index is 0.105. The average molecular weight is 249 g/mol. The third kappa shape index (κ3) is 2.94. The second-order valence-corrected chi connectivity index (χ2v) is 4.85. The summed E-state index contributed by atoms with van der Waals surface area (Å²) in [7, 11) is 4.06. The van der Waals surface area contributed by atoms with E-state index in [1.54, 1.807) is 11.8 Å². The SMILES string of the molecule is CN(C)c1ccccc1CSc1ncc(O)[nH]1. The van der Waals surface area contributed by atoms with E-state index in [1.807, 2.05) is 26.2 Å². The lowest BCUT2D eigenvalue weighted by Gasteiger charge is -2.16. The van der Waals surface area contributed by atoms with Gasteiger partial charge in [0, 0.05) is 25.5 Å². The summed E-state index contributed by atoms with van der Waals surface area (Å²) in [6, 6.07) is 8.26. The summed E-state index contributed by atoms with van der Waals surface area (Å²) in [6.07, 6.45) is 1.42. The van der Waals surface area contributed by atoms with Crippen LogP contribution in [0.25, 0.3) is 0 Å². The zero-order valence-corrected chi connectivity index (χ0v) is 10.7. The molecule has 0 bridgehead atoms. The standard InChI is InChI=1S/C12H15N3OS/c1-15(2)10-6-4-3-5-9(10)8-17-12-13-7-11(16)14-12/h3-7,16H,8H2,1-2H3,(H,13,14). The van der Waals surface area contributed by atoms with Gasteiger partial charge in [0.25, 0.3) is 0 Å². The maximum atomic E-state index is 9.15. The fourth-order valence-electron chi connectivity index (χ4n) is 1.58. The first kappa shape index (κ1) is 11.9. The molecule has 0 aliphatic carbocycles. The first-order chi connectivity index (χ1) is 8.16. The Morgan fingerprint density at radius 2 is 2.12 bits per heavy atom. The number of anilines is 1. The van der Waals surface area contributed by atoms with Gasteiger partial charge in [0.15, 0.2) is 5.16 Å². The Morgan fingerprint density at radius 3 is 2.76 bits per heavy atom. The number of hydrogen-bond acceptors (Lipinski definition) is 4. The molecule has 4 nitrogen and oxygen atoms in total. The molecule has 0 aliphatic rings. The number of aromatic nitrogens is 2. The molecule has 0 radical (unpaired) electrons. The number of aromatic amines is 1. The van der Waals surface area contributed by atoms with Gasteiger partial charge in [-0.1, -0.05) is 30.0 Å². The van der Waals surface area contributed by atoms with Crippen molar-refractivity contribution in [3.63, 3.8) is 0 Å². The van der Waals surface area contributed by atoms with Crippen molar-refractivity contribution in [1.82, 2.24) is 9.97 Å². The van der Waals surface area contributed by atoms with Gasteiger partial charge in [-0.2, -0.15) is 0 Å². The first-order valence-electron chi connectivity index (χ1n) is 5.29. The Kier molecular flexibility index (Phi) is 3.58. The Morgan fingerprint density at radius 1 is 1.35 bits per heavy atom.